The minimum atomic E-state index is 0.0107. The smallest absolute Gasteiger partial charge is 0.0860 e. The van der Waals surface area contributed by atoms with Crippen molar-refractivity contribution in [1.29, 1.82) is 0 Å². The zero-order valence-corrected chi connectivity index (χ0v) is 21.0. The number of aryl methyl sites for hydroxylation is 1. The van der Waals surface area contributed by atoms with E-state index >= 15 is 0 Å². The third-order valence-corrected chi connectivity index (χ3v) is 11.0. The summed E-state index contributed by atoms with van der Waals surface area (Å²) in [6, 6.07) is 32.9. The summed E-state index contributed by atoms with van der Waals surface area (Å²) in [5.74, 6) is 1.16. The first kappa shape index (κ1) is 20.8. The fourth-order valence-corrected chi connectivity index (χ4v) is 9.84. The Morgan fingerprint density at radius 1 is 0.735 bits per heavy atom. The highest BCUT2D eigenvalue weighted by molar-refractivity contribution is 8.08. The molecule has 4 aromatic carbocycles. The standard InChI is InChI=1S/C33H32S/c1-3-24-25(4-2)28-16-8-10-18-30(28)33(29-17-9-7-15-27(24)29)32(34-33)21-11-13-23-20-19-22-12-5-6-14-26(22)31(23)32/h5-10,12,14-20,24-25H,3-4,11,13,21H2,1-2H3. The predicted molar refractivity (Wildman–Crippen MR) is 146 cm³/mol. The highest BCUT2D eigenvalue weighted by atomic mass is 32.2. The second kappa shape index (κ2) is 7.49. The summed E-state index contributed by atoms with van der Waals surface area (Å²) in [7, 11) is 0. The van der Waals surface area contributed by atoms with Crippen LogP contribution in [0.3, 0.4) is 0 Å². The van der Waals surface area contributed by atoms with Gasteiger partial charge in [-0.3, -0.25) is 0 Å². The lowest BCUT2D eigenvalue weighted by molar-refractivity contribution is 0.503. The lowest BCUT2D eigenvalue weighted by atomic mass is 9.68. The van der Waals surface area contributed by atoms with E-state index in [0.29, 0.717) is 11.8 Å². The monoisotopic (exact) mass is 460 g/mol. The van der Waals surface area contributed by atoms with Crippen LogP contribution in [0.1, 0.15) is 84.7 Å². The molecule has 4 aromatic rings. The third kappa shape index (κ3) is 2.52. The Kier molecular flexibility index (Phi) is 4.59. The summed E-state index contributed by atoms with van der Waals surface area (Å²) in [5, 5.41) is 2.86. The molecule has 3 atom stereocenters. The molecular formula is C33H32S. The van der Waals surface area contributed by atoms with E-state index < -0.39 is 0 Å². The SMILES string of the molecule is CCC1c2ccccc2C2(SC23CCCc2ccc4ccccc4c23)c2ccccc2C1CC. The van der Waals surface area contributed by atoms with E-state index in [1.807, 2.05) is 0 Å². The van der Waals surface area contributed by atoms with Gasteiger partial charge in [-0.1, -0.05) is 98.8 Å². The average Bonchev–Trinajstić information content (AvgIpc) is 3.57. The number of thioether (sulfide) groups is 1. The van der Waals surface area contributed by atoms with Crippen LogP contribution in [0.2, 0.25) is 0 Å². The Hall–Kier alpha value is -2.51. The van der Waals surface area contributed by atoms with Crippen LogP contribution >= 0.6 is 11.8 Å². The van der Waals surface area contributed by atoms with E-state index in [1.165, 1.54) is 42.9 Å². The van der Waals surface area contributed by atoms with E-state index in [4.69, 9.17) is 0 Å². The maximum Gasteiger partial charge on any atom is 0.0860 e. The molecule has 1 heteroatoms. The molecule has 7 rings (SSSR count). The zero-order chi connectivity index (χ0) is 22.9. The average molecular weight is 461 g/mol. The summed E-state index contributed by atoms with van der Waals surface area (Å²) in [5.41, 5.74) is 9.60. The molecule has 34 heavy (non-hydrogen) atoms. The minimum absolute atomic E-state index is 0.0107. The number of hydrogen-bond acceptors (Lipinski definition) is 1. The quantitative estimate of drug-likeness (QED) is 0.269. The minimum Gasteiger partial charge on any atom is -0.130 e. The van der Waals surface area contributed by atoms with Crippen LogP contribution in [-0.2, 0) is 15.9 Å². The van der Waals surface area contributed by atoms with Crippen molar-refractivity contribution in [2.75, 3.05) is 0 Å². The number of rotatable bonds is 2. The molecule has 1 heterocycles. The highest BCUT2D eigenvalue weighted by Crippen LogP contribution is 2.83. The molecular weight excluding hydrogens is 428 g/mol. The maximum absolute atomic E-state index is 2.48. The molecule has 1 saturated heterocycles. The summed E-state index contributed by atoms with van der Waals surface area (Å²) in [4.78, 5) is 0. The fourth-order valence-electron chi connectivity index (χ4n) is 7.76. The van der Waals surface area contributed by atoms with Gasteiger partial charge in [0.15, 0.2) is 0 Å². The van der Waals surface area contributed by atoms with Crippen molar-refractivity contribution < 1.29 is 0 Å². The first-order valence-electron chi connectivity index (χ1n) is 13.1. The second-order valence-electron chi connectivity index (χ2n) is 10.5. The maximum atomic E-state index is 2.48. The van der Waals surface area contributed by atoms with E-state index in [2.05, 4.69) is 111 Å². The zero-order valence-electron chi connectivity index (χ0n) is 20.2. The molecule has 2 aliphatic carbocycles. The molecule has 170 valence electrons. The van der Waals surface area contributed by atoms with Gasteiger partial charge in [0, 0.05) is 0 Å². The largest absolute Gasteiger partial charge is 0.130 e. The van der Waals surface area contributed by atoms with Crippen LogP contribution in [0, 0.1) is 0 Å². The number of hydrogen-bond donors (Lipinski definition) is 0. The van der Waals surface area contributed by atoms with Crippen LogP contribution in [0.15, 0.2) is 84.9 Å². The van der Waals surface area contributed by atoms with Gasteiger partial charge in [0.05, 0.1) is 9.49 Å². The molecule has 3 aliphatic rings. The van der Waals surface area contributed by atoms with Gasteiger partial charge in [0.2, 0.25) is 0 Å². The lowest BCUT2D eigenvalue weighted by Gasteiger charge is -2.32. The number of benzene rings is 4. The van der Waals surface area contributed by atoms with Crippen molar-refractivity contribution in [2.24, 2.45) is 0 Å². The second-order valence-corrected chi connectivity index (χ2v) is 12.0. The first-order chi connectivity index (χ1) is 16.7. The molecule has 2 spiro atoms. The fraction of sp³-hybridized carbons (Fsp3) is 0.333. The van der Waals surface area contributed by atoms with Crippen LogP contribution in [-0.4, -0.2) is 0 Å². The van der Waals surface area contributed by atoms with E-state index in [0.717, 1.165) is 0 Å². The number of fused-ring (bicyclic) bond motifs is 9. The van der Waals surface area contributed by atoms with Gasteiger partial charge in [-0.05, 0) is 88.1 Å². The molecule has 1 aliphatic heterocycles. The Balaban J connectivity index is 1.59. The predicted octanol–water partition coefficient (Wildman–Crippen LogP) is 9.06. The van der Waals surface area contributed by atoms with Crippen LogP contribution in [0.4, 0.5) is 0 Å². The Morgan fingerprint density at radius 3 is 2.03 bits per heavy atom. The van der Waals surface area contributed by atoms with Crippen LogP contribution in [0.25, 0.3) is 10.8 Å². The van der Waals surface area contributed by atoms with Crippen molar-refractivity contribution >= 4 is 22.5 Å². The van der Waals surface area contributed by atoms with E-state index in [-0.39, 0.29) is 9.49 Å². The van der Waals surface area contributed by atoms with Gasteiger partial charge in [0.1, 0.15) is 0 Å². The van der Waals surface area contributed by atoms with Crippen molar-refractivity contribution in [3.63, 3.8) is 0 Å². The molecule has 0 saturated carbocycles. The Morgan fingerprint density at radius 2 is 1.35 bits per heavy atom. The van der Waals surface area contributed by atoms with Crippen LogP contribution < -0.4 is 0 Å². The van der Waals surface area contributed by atoms with Gasteiger partial charge < -0.3 is 0 Å². The molecule has 1 fully saturated rings. The van der Waals surface area contributed by atoms with E-state index in [1.54, 1.807) is 33.4 Å². The normalized spacial score (nSPS) is 28.9. The topological polar surface area (TPSA) is 0 Å². The molecule has 3 unspecified atom stereocenters. The van der Waals surface area contributed by atoms with Gasteiger partial charge >= 0.3 is 0 Å². The van der Waals surface area contributed by atoms with Gasteiger partial charge in [-0.2, -0.15) is 0 Å². The van der Waals surface area contributed by atoms with Gasteiger partial charge in [-0.15, -0.1) is 11.8 Å². The Bertz CT molecular complexity index is 1360. The lowest BCUT2D eigenvalue weighted by Crippen LogP contribution is -2.29. The highest BCUT2D eigenvalue weighted by Gasteiger charge is 2.73. The van der Waals surface area contributed by atoms with E-state index in [9.17, 15) is 0 Å². The van der Waals surface area contributed by atoms with Gasteiger partial charge in [0.25, 0.3) is 0 Å². The molecule has 0 amide bonds. The van der Waals surface area contributed by atoms with Crippen molar-refractivity contribution in [1.82, 2.24) is 0 Å². The summed E-state index contributed by atoms with van der Waals surface area (Å²) in [6.45, 7) is 4.79. The van der Waals surface area contributed by atoms with Crippen molar-refractivity contribution in [3.05, 3.63) is 118 Å². The molecule has 0 radical (unpaired) electrons. The third-order valence-electron chi connectivity index (χ3n) is 9.09. The molecule has 0 aromatic heterocycles. The molecule has 0 N–H and O–H groups in total. The van der Waals surface area contributed by atoms with Crippen LogP contribution in [0.5, 0.6) is 0 Å². The molecule has 0 bridgehead atoms. The first-order valence-corrected chi connectivity index (χ1v) is 14.0. The molecule has 0 nitrogen and oxygen atoms in total. The summed E-state index contributed by atoms with van der Waals surface area (Å²) >= 11 is 2.26. The summed E-state index contributed by atoms with van der Waals surface area (Å²) < 4.78 is 0.130. The Labute approximate surface area is 207 Å². The van der Waals surface area contributed by atoms with Crippen molar-refractivity contribution in [3.8, 4) is 0 Å². The van der Waals surface area contributed by atoms with Crippen molar-refractivity contribution in [2.45, 2.75) is 67.3 Å². The van der Waals surface area contributed by atoms with Gasteiger partial charge in [-0.25, -0.2) is 0 Å². The summed E-state index contributed by atoms with van der Waals surface area (Å²) in [6.07, 6.45) is 6.12.